The quantitative estimate of drug-likeness (QED) is 0.886. The number of amides is 1. The predicted octanol–water partition coefficient (Wildman–Crippen LogP) is 1.63. The largest absolute Gasteiger partial charge is 0.501 e. The lowest BCUT2D eigenvalue weighted by molar-refractivity contribution is 0.0676. The lowest BCUT2D eigenvalue weighted by atomic mass is 10.1. The van der Waals surface area contributed by atoms with Gasteiger partial charge in [-0.2, -0.15) is 0 Å². The van der Waals surface area contributed by atoms with Crippen LogP contribution in [0.2, 0.25) is 0 Å². The van der Waals surface area contributed by atoms with Crippen molar-refractivity contribution in [1.82, 2.24) is 14.0 Å². The second kappa shape index (κ2) is 6.68. The number of halogens is 1. The molecule has 1 amide bonds. The van der Waals surface area contributed by atoms with Gasteiger partial charge in [-0.1, -0.05) is 25.0 Å². The molecule has 2 aliphatic rings. The normalized spacial score (nSPS) is 17.4. The average Bonchev–Trinajstić information content (AvgIpc) is 3.17. The maximum absolute atomic E-state index is 13.1. The number of nitrogens with zero attached hydrogens (tertiary/aromatic N) is 3. The van der Waals surface area contributed by atoms with Gasteiger partial charge in [-0.05, 0) is 30.5 Å². The Balaban J connectivity index is 1.71. The first-order valence-corrected chi connectivity index (χ1v) is 9.09. The average molecular weight is 373 g/mol. The van der Waals surface area contributed by atoms with Crippen LogP contribution in [0.25, 0.3) is 0 Å². The number of carbonyl (C=O) groups excluding carboxylic acids is 1. The summed E-state index contributed by atoms with van der Waals surface area (Å²) >= 11 is 0. The Labute approximate surface area is 154 Å². The highest BCUT2D eigenvalue weighted by molar-refractivity contribution is 5.95. The fourth-order valence-corrected chi connectivity index (χ4v) is 4.00. The molecule has 1 aromatic carbocycles. The van der Waals surface area contributed by atoms with E-state index in [1.165, 1.54) is 21.6 Å². The summed E-state index contributed by atoms with van der Waals surface area (Å²) < 4.78 is 15.4. The minimum absolute atomic E-state index is 0.196. The fraction of sp³-hybridized carbons (Fsp3) is 0.421. The molecule has 1 aromatic heterocycles. The molecule has 0 bridgehead atoms. The number of aromatic nitrogens is 2. The third kappa shape index (κ3) is 2.94. The van der Waals surface area contributed by atoms with Crippen LogP contribution in [0.3, 0.4) is 0 Å². The Hall–Kier alpha value is -2.90. The summed E-state index contributed by atoms with van der Waals surface area (Å²) in [5.74, 6) is -1.61. The van der Waals surface area contributed by atoms with Crippen LogP contribution in [0, 0.1) is 5.82 Å². The minimum Gasteiger partial charge on any atom is -0.501 e. The van der Waals surface area contributed by atoms with E-state index in [-0.39, 0.29) is 37.2 Å². The summed E-state index contributed by atoms with van der Waals surface area (Å²) in [6.45, 7) is 0.672. The maximum Gasteiger partial charge on any atom is 0.332 e. The van der Waals surface area contributed by atoms with E-state index in [9.17, 15) is 23.9 Å². The Kier molecular flexibility index (Phi) is 4.33. The highest BCUT2D eigenvalue weighted by Gasteiger charge is 2.33. The second-order valence-electron chi connectivity index (χ2n) is 7.10. The summed E-state index contributed by atoms with van der Waals surface area (Å²) in [5, 5.41) is 10.4. The van der Waals surface area contributed by atoms with Crippen LogP contribution in [-0.4, -0.2) is 31.6 Å². The molecule has 4 rings (SSSR count). The molecule has 2 aromatic rings. The van der Waals surface area contributed by atoms with E-state index in [1.54, 1.807) is 12.1 Å². The van der Waals surface area contributed by atoms with Crippen molar-refractivity contribution in [2.24, 2.45) is 0 Å². The van der Waals surface area contributed by atoms with Crippen LogP contribution in [0.15, 0.2) is 33.9 Å². The van der Waals surface area contributed by atoms with Crippen molar-refractivity contribution in [2.75, 3.05) is 6.54 Å². The van der Waals surface area contributed by atoms with Gasteiger partial charge in [0.25, 0.3) is 11.5 Å². The molecule has 142 valence electrons. The van der Waals surface area contributed by atoms with Crippen molar-refractivity contribution in [3.05, 3.63) is 62.2 Å². The van der Waals surface area contributed by atoms with Crippen molar-refractivity contribution in [1.29, 1.82) is 0 Å². The van der Waals surface area contributed by atoms with Crippen LogP contribution in [0.1, 0.15) is 47.8 Å². The van der Waals surface area contributed by atoms with Gasteiger partial charge in [-0.15, -0.1) is 0 Å². The first-order valence-electron chi connectivity index (χ1n) is 9.09. The van der Waals surface area contributed by atoms with Crippen LogP contribution >= 0.6 is 0 Å². The van der Waals surface area contributed by atoms with Gasteiger partial charge in [-0.25, -0.2) is 9.18 Å². The number of fused-ring (bicyclic) bond motifs is 1. The molecular weight excluding hydrogens is 353 g/mol. The summed E-state index contributed by atoms with van der Waals surface area (Å²) in [7, 11) is 0. The molecule has 1 aliphatic carbocycles. The standard InChI is InChI=1S/C19H20FN3O4/c20-13-7-5-12(6-8-13)11-21-9-10-22-15(17(21)25)16(24)18(26)23(19(22)27)14-3-1-2-4-14/h5-8,14,24H,1-4,9-11H2. The zero-order valence-corrected chi connectivity index (χ0v) is 14.7. The van der Waals surface area contributed by atoms with Crippen molar-refractivity contribution in [2.45, 2.75) is 44.8 Å². The Morgan fingerprint density at radius 2 is 1.70 bits per heavy atom. The van der Waals surface area contributed by atoms with Crippen LogP contribution < -0.4 is 11.2 Å². The first-order chi connectivity index (χ1) is 13.0. The van der Waals surface area contributed by atoms with Crippen molar-refractivity contribution in [3.63, 3.8) is 0 Å². The number of aromatic hydroxyl groups is 1. The molecule has 0 spiro atoms. The van der Waals surface area contributed by atoms with Gasteiger partial charge in [0.05, 0.1) is 0 Å². The monoisotopic (exact) mass is 373 g/mol. The molecule has 8 heteroatoms. The molecule has 1 fully saturated rings. The SMILES string of the molecule is O=C1c2c(O)c(=O)n(C3CCCC3)c(=O)n2CCN1Cc1ccc(F)cc1. The van der Waals surface area contributed by atoms with Crippen molar-refractivity contribution in [3.8, 4) is 5.75 Å². The molecule has 7 nitrogen and oxygen atoms in total. The highest BCUT2D eigenvalue weighted by Crippen LogP contribution is 2.28. The van der Waals surface area contributed by atoms with E-state index < -0.39 is 22.9 Å². The van der Waals surface area contributed by atoms with Gasteiger partial charge in [0.2, 0.25) is 5.75 Å². The summed E-state index contributed by atoms with van der Waals surface area (Å²) in [5.41, 5.74) is -0.864. The number of benzene rings is 1. The molecular formula is C19H20FN3O4. The van der Waals surface area contributed by atoms with Gasteiger partial charge >= 0.3 is 5.69 Å². The number of hydrogen-bond acceptors (Lipinski definition) is 4. The molecule has 2 heterocycles. The number of hydrogen-bond donors (Lipinski definition) is 1. The molecule has 0 unspecified atom stereocenters. The van der Waals surface area contributed by atoms with E-state index in [2.05, 4.69) is 0 Å². The molecule has 0 radical (unpaired) electrons. The maximum atomic E-state index is 13.1. The molecule has 0 atom stereocenters. The van der Waals surface area contributed by atoms with Gasteiger partial charge < -0.3 is 10.0 Å². The fourth-order valence-electron chi connectivity index (χ4n) is 4.00. The number of carbonyl (C=O) groups is 1. The Bertz CT molecular complexity index is 1000. The first kappa shape index (κ1) is 17.5. The van der Waals surface area contributed by atoms with Gasteiger partial charge in [-0.3, -0.25) is 18.7 Å². The molecule has 27 heavy (non-hydrogen) atoms. The molecule has 1 saturated carbocycles. The highest BCUT2D eigenvalue weighted by atomic mass is 19.1. The van der Waals surface area contributed by atoms with Crippen molar-refractivity contribution >= 4 is 5.91 Å². The van der Waals surface area contributed by atoms with Gasteiger partial charge in [0.1, 0.15) is 5.82 Å². The van der Waals surface area contributed by atoms with E-state index in [1.807, 2.05) is 0 Å². The van der Waals surface area contributed by atoms with E-state index in [0.29, 0.717) is 0 Å². The van der Waals surface area contributed by atoms with E-state index in [4.69, 9.17) is 0 Å². The second-order valence-corrected chi connectivity index (χ2v) is 7.10. The van der Waals surface area contributed by atoms with E-state index >= 15 is 0 Å². The van der Waals surface area contributed by atoms with Crippen molar-refractivity contribution < 1.29 is 14.3 Å². The summed E-state index contributed by atoms with van der Waals surface area (Å²) in [4.78, 5) is 39.7. The van der Waals surface area contributed by atoms with Crippen LogP contribution in [0.5, 0.6) is 5.75 Å². The van der Waals surface area contributed by atoms with Gasteiger partial charge in [0, 0.05) is 25.7 Å². The topological polar surface area (TPSA) is 84.5 Å². The predicted molar refractivity (Wildman–Crippen MR) is 95.3 cm³/mol. The third-order valence-electron chi connectivity index (χ3n) is 5.41. The lowest BCUT2D eigenvalue weighted by Gasteiger charge is -2.30. The van der Waals surface area contributed by atoms with Crippen LogP contribution in [0.4, 0.5) is 4.39 Å². The third-order valence-corrected chi connectivity index (χ3v) is 5.41. The Morgan fingerprint density at radius 1 is 1.04 bits per heavy atom. The smallest absolute Gasteiger partial charge is 0.332 e. The summed E-state index contributed by atoms with van der Waals surface area (Å²) in [6, 6.07) is 5.53. The molecule has 0 saturated heterocycles. The minimum atomic E-state index is -0.796. The molecule has 1 aliphatic heterocycles. The molecule has 1 N–H and O–H groups in total. The zero-order chi connectivity index (χ0) is 19.1. The van der Waals surface area contributed by atoms with E-state index in [0.717, 1.165) is 35.8 Å². The van der Waals surface area contributed by atoms with Crippen LogP contribution in [-0.2, 0) is 13.1 Å². The Morgan fingerprint density at radius 3 is 2.37 bits per heavy atom. The lowest BCUT2D eigenvalue weighted by Crippen LogP contribution is -2.50. The summed E-state index contributed by atoms with van der Waals surface area (Å²) in [6.07, 6.45) is 3.31. The number of rotatable bonds is 3. The zero-order valence-electron chi connectivity index (χ0n) is 14.7. The van der Waals surface area contributed by atoms with Gasteiger partial charge in [0.15, 0.2) is 5.69 Å².